The highest BCUT2D eigenvalue weighted by molar-refractivity contribution is 5.63. The quantitative estimate of drug-likeness (QED) is 0.706. The van der Waals surface area contributed by atoms with E-state index in [0.717, 1.165) is 32.5 Å². The molecule has 0 bridgehead atoms. The number of nitrogens with zero attached hydrogens (tertiary/aromatic N) is 1. The SMILES string of the molecule is O=C(O)NNC1CCN(Cc2ccccc2)CC1. The first-order valence-corrected chi connectivity index (χ1v) is 6.25. The number of amides is 1. The molecule has 1 aliphatic heterocycles. The van der Waals surface area contributed by atoms with Gasteiger partial charge in [-0.25, -0.2) is 10.2 Å². The summed E-state index contributed by atoms with van der Waals surface area (Å²) in [7, 11) is 0. The molecule has 1 amide bonds. The Morgan fingerprint density at radius 3 is 2.56 bits per heavy atom. The Balaban J connectivity index is 1.72. The molecule has 5 nitrogen and oxygen atoms in total. The van der Waals surface area contributed by atoms with E-state index in [2.05, 4.69) is 40.0 Å². The van der Waals surface area contributed by atoms with E-state index in [1.807, 2.05) is 6.07 Å². The molecular formula is C13H19N3O2. The van der Waals surface area contributed by atoms with Gasteiger partial charge in [-0.2, -0.15) is 0 Å². The van der Waals surface area contributed by atoms with Crippen LogP contribution in [0.5, 0.6) is 0 Å². The Morgan fingerprint density at radius 2 is 1.94 bits per heavy atom. The van der Waals surface area contributed by atoms with E-state index >= 15 is 0 Å². The second-order valence-electron chi connectivity index (χ2n) is 4.61. The second kappa shape index (κ2) is 6.37. The molecule has 2 rings (SSSR count). The molecule has 1 aromatic carbocycles. The molecule has 18 heavy (non-hydrogen) atoms. The highest BCUT2D eigenvalue weighted by atomic mass is 16.4. The lowest BCUT2D eigenvalue weighted by atomic mass is 10.1. The van der Waals surface area contributed by atoms with E-state index in [1.165, 1.54) is 5.56 Å². The largest absolute Gasteiger partial charge is 0.464 e. The summed E-state index contributed by atoms with van der Waals surface area (Å²) in [5, 5.41) is 8.51. The predicted octanol–water partition coefficient (Wildman–Crippen LogP) is 1.42. The molecule has 1 heterocycles. The highest BCUT2D eigenvalue weighted by Gasteiger charge is 2.19. The lowest BCUT2D eigenvalue weighted by molar-refractivity contribution is 0.165. The smallest absolute Gasteiger partial charge is 0.419 e. The molecule has 98 valence electrons. The van der Waals surface area contributed by atoms with Gasteiger partial charge in [0.2, 0.25) is 0 Å². The van der Waals surface area contributed by atoms with Crippen molar-refractivity contribution in [3.8, 4) is 0 Å². The third kappa shape index (κ3) is 4.01. The lowest BCUT2D eigenvalue weighted by Crippen LogP contribution is -2.49. The second-order valence-corrected chi connectivity index (χ2v) is 4.61. The van der Waals surface area contributed by atoms with Crippen molar-refractivity contribution >= 4 is 6.09 Å². The first-order chi connectivity index (χ1) is 8.74. The number of benzene rings is 1. The molecule has 0 atom stereocenters. The average Bonchev–Trinajstić information content (AvgIpc) is 2.39. The minimum absolute atomic E-state index is 0.244. The van der Waals surface area contributed by atoms with Crippen LogP contribution in [0.25, 0.3) is 0 Å². The zero-order valence-corrected chi connectivity index (χ0v) is 10.3. The number of carboxylic acid groups (broad SMARTS) is 1. The fourth-order valence-corrected chi connectivity index (χ4v) is 2.24. The molecule has 1 aromatic rings. The van der Waals surface area contributed by atoms with Crippen LogP contribution < -0.4 is 10.9 Å². The summed E-state index contributed by atoms with van der Waals surface area (Å²) >= 11 is 0. The summed E-state index contributed by atoms with van der Waals surface area (Å²) in [5.41, 5.74) is 6.38. The number of hydrazine groups is 1. The molecule has 0 spiro atoms. The van der Waals surface area contributed by atoms with Crippen molar-refractivity contribution in [1.82, 2.24) is 15.8 Å². The Labute approximate surface area is 107 Å². The van der Waals surface area contributed by atoms with Gasteiger partial charge in [0.15, 0.2) is 0 Å². The van der Waals surface area contributed by atoms with Crippen molar-refractivity contribution in [2.75, 3.05) is 13.1 Å². The molecule has 3 N–H and O–H groups in total. The summed E-state index contributed by atoms with van der Waals surface area (Å²) in [6.07, 6.45) is 0.905. The van der Waals surface area contributed by atoms with Gasteiger partial charge in [0.1, 0.15) is 0 Å². The standard InChI is InChI=1S/C13H19N3O2/c17-13(18)15-14-12-6-8-16(9-7-12)10-11-4-2-1-3-5-11/h1-5,12,14-15H,6-10H2,(H,17,18). The molecular weight excluding hydrogens is 230 g/mol. The van der Waals surface area contributed by atoms with Crippen LogP contribution in [0.4, 0.5) is 4.79 Å². The molecule has 0 aromatic heterocycles. The van der Waals surface area contributed by atoms with Crippen molar-refractivity contribution in [2.24, 2.45) is 0 Å². The number of likely N-dealkylation sites (tertiary alicyclic amines) is 1. The van der Waals surface area contributed by atoms with Crippen molar-refractivity contribution in [3.05, 3.63) is 35.9 Å². The summed E-state index contributed by atoms with van der Waals surface area (Å²) in [5.74, 6) is 0. The van der Waals surface area contributed by atoms with Gasteiger partial charge in [-0.3, -0.25) is 10.3 Å². The molecule has 0 aliphatic carbocycles. The maximum absolute atomic E-state index is 10.4. The Kier molecular flexibility index (Phi) is 4.55. The zero-order valence-electron chi connectivity index (χ0n) is 10.3. The summed E-state index contributed by atoms with van der Waals surface area (Å²) in [6.45, 7) is 2.96. The fourth-order valence-electron chi connectivity index (χ4n) is 2.24. The monoisotopic (exact) mass is 249 g/mol. The summed E-state index contributed by atoms with van der Waals surface area (Å²) in [6, 6.07) is 10.7. The molecule has 5 heteroatoms. The van der Waals surface area contributed by atoms with Crippen LogP contribution in [0.2, 0.25) is 0 Å². The van der Waals surface area contributed by atoms with Crippen LogP contribution in [-0.2, 0) is 6.54 Å². The normalized spacial score (nSPS) is 17.6. The molecule has 0 radical (unpaired) electrons. The number of hydrogen-bond donors (Lipinski definition) is 3. The van der Waals surface area contributed by atoms with E-state index in [9.17, 15) is 4.79 Å². The molecule has 0 unspecified atom stereocenters. The summed E-state index contributed by atoms with van der Waals surface area (Å²) < 4.78 is 0. The first kappa shape index (κ1) is 12.9. The van der Waals surface area contributed by atoms with Gasteiger partial charge in [0.05, 0.1) is 0 Å². The third-order valence-electron chi connectivity index (χ3n) is 3.22. The van der Waals surface area contributed by atoms with Crippen LogP contribution >= 0.6 is 0 Å². The molecule has 0 saturated carbocycles. The maximum Gasteiger partial charge on any atom is 0.419 e. The van der Waals surface area contributed by atoms with E-state index in [0.29, 0.717) is 0 Å². The fraction of sp³-hybridized carbons (Fsp3) is 0.462. The van der Waals surface area contributed by atoms with E-state index in [-0.39, 0.29) is 6.04 Å². The minimum atomic E-state index is -1.03. The van der Waals surface area contributed by atoms with E-state index < -0.39 is 6.09 Å². The number of piperidine rings is 1. The zero-order chi connectivity index (χ0) is 12.8. The topological polar surface area (TPSA) is 64.6 Å². The van der Waals surface area contributed by atoms with Gasteiger partial charge >= 0.3 is 6.09 Å². The average molecular weight is 249 g/mol. The summed E-state index contributed by atoms with van der Waals surface area (Å²) in [4.78, 5) is 12.8. The van der Waals surface area contributed by atoms with Gasteiger partial charge in [-0.05, 0) is 18.4 Å². The van der Waals surface area contributed by atoms with Gasteiger partial charge < -0.3 is 5.11 Å². The van der Waals surface area contributed by atoms with E-state index in [4.69, 9.17) is 5.11 Å². The Morgan fingerprint density at radius 1 is 1.28 bits per heavy atom. The van der Waals surface area contributed by atoms with Crippen LogP contribution in [0.1, 0.15) is 18.4 Å². The number of nitrogens with one attached hydrogen (secondary N) is 2. The van der Waals surface area contributed by atoms with Crippen molar-refractivity contribution in [1.29, 1.82) is 0 Å². The lowest BCUT2D eigenvalue weighted by Gasteiger charge is -2.32. The predicted molar refractivity (Wildman–Crippen MR) is 69.0 cm³/mol. The van der Waals surface area contributed by atoms with Crippen LogP contribution in [0, 0.1) is 0 Å². The van der Waals surface area contributed by atoms with Gasteiger partial charge in [-0.1, -0.05) is 30.3 Å². The number of hydrogen-bond acceptors (Lipinski definition) is 3. The van der Waals surface area contributed by atoms with Gasteiger partial charge in [0, 0.05) is 25.7 Å². The maximum atomic E-state index is 10.4. The van der Waals surface area contributed by atoms with E-state index in [1.54, 1.807) is 0 Å². The van der Waals surface area contributed by atoms with Crippen LogP contribution in [0.15, 0.2) is 30.3 Å². The van der Waals surface area contributed by atoms with Crippen LogP contribution in [-0.4, -0.2) is 35.2 Å². The van der Waals surface area contributed by atoms with Crippen molar-refractivity contribution in [3.63, 3.8) is 0 Å². The molecule has 1 fully saturated rings. The van der Waals surface area contributed by atoms with Crippen LogP contribution in [0.3, 0.4) is 0 Å². The first-order valence-electron chi connectivity index (χ1n) is 6.25. The van der Waals surface area contributed by atoms with Crippen molar-refractivity contribution in [2.45, 2.75) is 25.4 Å². The van der Waals surface area contributed by atoms with Crippen molar-refractivity contribution < 1.29 is 9.90 Å². The van der Waals surface area contributed by atoms with Gasteiger partial charge in [-0.15, -0.1) is 0 Å². The number of carbonyl (C=O) groups is 1. The number of rotatable bonds is 4. The highest BCUT2D eigenvalue weighted by Crippen LogP contribution is 2.13. The Hall–Kier alpha value is -1.59. The Bertz CT molecular complexity index is 375. The molecule has 1 aliphatic rings. The minimum Gasteiger partial charge on any atom is -0.464 e. The van der Waals surface area contributed by atoms with Gasteiger partial charge in [0.25, 0.3) is 0 Å². The third-order valence-corrected chi connectivity index (χ3v) is 3.22. The molecule has 1 saturated heterocycles.